The minimum absolute atomic E-state index is 0.178. The molecule has 0 aliphatic heterocycles. The molecule has 0 atom stereocenters. The first kappa shape index (κ1) is 24.9. The average molecular weight is 488 g/mol. The van der Waals surface area contributed by atoms with Gasteiger partial charge in [0.05, 0.1) is 31.3 Å². The highest BCUT2D eigenvalue weighted by Crippen LogP contribution is 2.51. The van der Waals surface area contributed by atoms with Gasteiger partial charge in [-0.25, -0.2) is 0 Å². The largest absolute Gasteiger partial charge is 0.335 e. The summed E-state index contributed by atoms with van der Waals surface area (Å²) in [6.45, 7) is 4.19. The van der Waals surface area contributed by atoms with E-state index < -0.39 is 7.60 Å². The fraction of sp³-hybridized carbons (Fsp3) is 0.250. The molecule has 0 bridgehead atoms. The highest BCUT2D eigenvalue weighted by molar-refractivity contribution is 7.53. The van der Waals surface area contributed by atoms with Crippen LogP contribution in [-0.4, -0.2) is 28.9 Å². The Kier molecular flexibility index (Phi) is 8.64. The van der Waals surface area contributed by atoms with Gasteiger partial charge in [-0.1, -0.05) is 35.9 Å². The van der Waals surface area contributed by atoms with Crippen LogP contribution in [0.25, 0.3) is 17.3 Å². The number of nitrogens with one attached hydrogen (secondary N) is 1. The molecule has 0 aliphatic carbocycles. The number of hydrogen-bond acceptors (Lipinski definition) is 5. The molecule has 1 N–H and O–H groups in total. The van der Waals surface area contributed by atoms with E-state index in [9.17, 15) is 9.36 Å². The third-order valence-electron chi connectivity index (χ3n) is 4.75. The van der Waals surface area contributed by atoms with Gasteiger partial charge >= 0.3 is 7.60 Å². The van der Waals surface area contributed by atoms with E-state index in [1.807, 2.05) is 31.3 Å². The molecule has 3 rings (SSSR count). The van der Waals surface area contributed by atoms with E-state index in [-0.39, 0.29) is 12.1 Å². The molecule has 9 heteroatoms. The number of amides is 1. The van der Waals surface area contributed by atoms with Crippen molar-refractivity contribution >= 4 is 36.9 Å². The van der Waals surface area contributed by atoms with Crippen molar-refractivity contribution in [3.63, 3.8) is 0 Å². The van der Waals surface area contributed by atoms with Gasteiger partial charge in [0.15, 0.2) is 0 Å². The average Bonchev–Trinajstić information content (AvgIpc) is 3.15. The summed E-state index contributed by atoms with van der Waals surface area (Å²) in [6, 6.07) is 14.6. The van der Waals surface area contributed by atoms with E-state index in [0.717, 1.165) is 22.4 Å². The number of aromatic nitrogens is 2. The molecular formula is C24H27ClN3O4P. The Labute approximate surface area is 198 Å². The maximum atomic E-state index is 12.7. The SMILES string of the molecule is CCOP(=O)(Cc1ccc(NC(=O)C=Cc2cnn(C)c2-c2ccc(Cl)cc2)cc1)OCC. The lowest BCUT2D eigenvalue weighted by atomic mass is 10.1. The maximum Gasteiger partial charge on any atom is 0.335 e. The third-order valence-corrected chi connectivity index (χ3v) is 7.06. The minimum Gasteiger partial charge on any atom is -0.323 e. The number of nitrogens with zero attached hydrogens (tertiary/aromatic N) is 2. The van der Waals surface area contributed by atoms with Crippen LogP contribution in [0.15, 0.2) is 60.8 Å². The quantitative estimate of drug-likeness (QED) is 0.273. The fourth-order valence-corrected chi connectivity index (χ4v) is 5.15. The lowest BCUT2D eigenvalue weighted by Crippen LogP contribution is -2.07. The van der Waals surface area contributed by atoms with Crippen LogP contribution in [0.3, 0.4) is 0 Å². The molecule has 0 aliphatic rings. The predicted octanol–water partition coefficient (Wildman–Crippen LogP) is 6.16. The number of aryl methyl sites for hydroxylation is 1. The summed E-state index contributed by atoms with van der Waals surface area (Å²) < 4.78 is 25.1. The van der Waals surface area contributed by atoms with Crippen LogP contribution in [0, 0.1) is 0 Å². The van der Waals surface area contributed by atoms with Crippen molar-refractivity contribution in [2.75, 3.05) is 18.5 Å². The van der Waals surface area contributed by atoms with Crippen LogP contribution in [0.2, 0.25) is 5.02 Å². The number of carbonyl (C=O) groups excluding carboxylic acids is 1. The molecule has 3 aromatic rings. The minimum atomic E-state index is -3.17. The summed E-state index contributed by atoms with van der Waals surface area (Å²) in [5.41, 5.74) is 4.07. The zero-order valence-electron chi connectivity index (χ0n) is 18.8. The first-order valence-electron chi connectivity index (χ1n) is 10.6. The Balaban J connectivity index is 1.66. The van der Waals surface area contributed by atoms with Crippen LogP contribution in [-0.2, 0) is 31.6 Å². The van der Waals surface area contributed by atoms with E-state index >= 15 is 0 Å². The number of benzene rings is 2. The van der Waals surface area contributed by atoms with E-state index in [0.29, 0.717) is 23.9 Å². The maximum absolute atomic E-state index is 12.7. The molecular weight excluding hydrogens is 461 g/mol. The van der Waals surface area contributed by atoms with Gasteiger partial charge in [0, 0.05) is 35.0 Å². The van der Waals surface area contributed by atoms with Crippen molar-refractivity contribution in [3.8, 4) is 11.3 Å². The second-order valence-electron chi connectivity index (χ2n) is 7.20. The standard InChI is InChI=1S/C24H27ClN3O4P/c1-4-31-33(30,32-5-2)17-18-6-13-22(14-7-18)27-23(29)15-10-20-16-26-28(3)24(20)19-8-11-21(25)12-9-19/h6-16H,4-5,17H2,1-3H3,(H,27,29). The zero-order valence-corrected chi connectivity index (χ0v) is 20.5. The number of anilines is 1. The highest BCUT2D eigenvalue weighted by Gasteiger charge is 2.23. The van der Waals surface area contributed by atoms with Crippen molar-refractivity contribution in [1.29, 1.82) is 0 Å². The Morgan fingerprint density at radius 2 is 1.73 bits per heavy atom. The Morgan fingerprint density at radius 1 is 1.09 bits per heavy atom. The molecule has 0 saturated carbocycles. The zero-order chi connectivity index (χ0) is 23.8. The first-order valence-corrected chi connectivity index (χ1v) is 12.7. The number of halogens is 1. The third kappa shape index (κ3) is 6.89. The van der Waals surface area contributed by atoms with Crippen molar-refractivity contribution in [1.82, 2.24) is 9.78 Å². The van der Waals surface area contributed by atoms with Crippen molar-refractivity contribution in [2.45, 2.75) is 20.0 Å². The Bertz CT molecular complexity index is 1150. The topological polar surface area (TPSA) is 82.5 Å². The van der Waals surface area contributed by atoms with Gasteiger partial charge in [-0.05, 0) is 49.8 Å². The molecule has 174 valence electrons. The molecule has 0 unspecified atom stereocenters. The lowest BCUT2D eigenvalue weighted by Gasteiger charge is -2.17. The summed E-state index contributed by atoms with van der Waals surface area (Å²) in [7, 11) is -1.33. The molecule has 1 heterocycles. The molecule has 0 fully saturated rings. The van der Waals surface area contributed by atoms with E-state index in [4.69, 9.17) is 20.6 Å². The number of carbonyl (C=O) groups is 1. The van der Waals surface area contributed by atoms with Crippen LogP contribution < -0.4 is 5.32 Å². The molecule has 0 radical (unpaired) electrons. The Hall–Kier alpha value is -2.70. The second kappa shape index (κ2) is 11.4. The van der Waals surface area contributed by atoms with Gasteiger partial charge in [-0.3, -0.25) is 14.0 Å². The monoisotopic (exact) mass is 487 g/mol. The van der Waals surface area contributed by atoms with Crippen LogP contribution >= 0.6 is 19.2 Å². The lowest BCUT2D eigenvalue weighted by molar-refractivity contribution is -0.111. The van der Waals surface area contributed by atoms with E-state index in [2.05, 4.69) is 10.4 Å². The summed E-state index contributed by atoms with van der Waals surface area (Å²) in [5, 5.41) is 7.78. The Morgan fingerprint density at radius 3 is 2.33 bits per heavy atom. The van der Waals surface area contributed by atoms with Gasteiger partial charge in [-0.15, -0.1) is 0 Å². The van der Waals surface area contributed by atoms with E-state index in [1.54, 1.807) is 55.1 Å². The predicted molar refractivity (Wildman–Crippen MR) is 132 cm³/mol. The van der Waals surface area contributed by atoms with Crippen molar-refractivity contribution in [2.24, 2.45) is 7.05 Å². The highest BCUT2D eigenvalue weighted by atomic mass is 35.5. The van der Waals surface area contributed by atoms with Crippen LogP contribution in [0.5, 0.6) is 0 Å². The number of rotatable bonds is 10. The smallest absolute Gasteiger partial charge is 0.323 e. The first-order chi connectivity index (χ1) is 15.8. The van der Waals surface area contributed by atoms with Crippen LogP contribution in [0.1, 0.15) is 25.0 Å². The molecule has 7 nitrogen and oxygen atoms in total. The molecule has 33 heavy (non-hydrogen) atoms. The summed E-state index contributed by atoms with van der Waals surface area (Å²) in [6.07, 6.45) is 5.07. The molecule has 0 saturated heterocycles. The fourth-order valence-electron chi connectivity index (χ4n) is 3.33. The second-order valence-corrected chi connectivity index (χ2v) is 9.69. The van der Waals surface area contributed by atoms with Gasteiger partial charge in [-0.2, -0.15) is 5.10 Å². The molecule has 1 amide bonds. The summed E-state index contributed by atoms with van der Waals surface area (Å²) in [5.74, 6) is -0.275. The normalized spacial score (nSPS) is 11.8. The molecule has 0 spiro atoms. The van der Waals surface area contributed by atoms with Gasteiger partial charge in [0.1, 0.15) is 0 Å². The molecule has 1 aromatic heterocycles. The van der Waals surface area contributed by atoms with Gasteiger partial charge in [0.25, 0.3) is 0 Å². The number of hydrogen-bond donors (Lipinski definition) is 1. The van der Waals surface area contributed by atoms with Crippen molar-refractivity contribution < 1.29 is 18.4 Å². The molecule has 2 aromatic carbocycles. The summed E-state index contributed by atoms with van der Waals surface area (Å²) >= 11 is 5.99. The van der Waals surface area contributed by atoms with Crippen LogP contribution in [0.4, 0.5) is 5.69 Å². The van der Waals surface area contributed by atoms with E-state index in [1.165, 1.54) is 6.08 Å². The van der Waals surface area contributed by atoms with Crippen molar-refractivity contribution in [3.05, 3.63) is 77.0 Å². The summed E-state index contributed by atoms with van der Waals surface area (Å²) in [4.78, 5) is 12.4. The van der Waals surface area contributed by atoms with Gasteiger partial charge < -0.3 is 14.4 Å². The van der Waals surface area contributed by atoms with Gasteiger partial charge in [0.2, 0.25) is 5.91 Å².